The molecule has 1 saturated heterocycles. The highest BCUT2D eigenvalue weighted by molar-refractivity contribution is 7.23. The Hall–Kier alpha value is -4.18. The van der Waals surface area contributed by atoms with Crippen LogP contribution in [0.3, 0.4) is 0 Å². The molecule has 0 bridgehead atoms. The minimum Gasteiger partial charge on any atom is -0.480 e. The number of nitrogens with zero attached hydrogens (tertiary/aromatic N) is 2. The van der Waals surface area contributed by atoms with Crippen molar-refractivity contribution in [3.05, 3.63) is 58.0 Å². The average Bonchev–Trinajstić information content (AvgIpc) is 3.22. The van der Waals surface area contributed by atoms with Crippen LogP contribution in [-0.4, -0.2) is 52.8 Å². The molecule has 3 aromatic rings. The van der Waals surface area contributed by atoms with Gasteiger partial charge in [-0.3, -0.25) is 15.4 Å². The molecule has 10 nitrogen and oxygen atoms in total. The molecule has 0 unspecified atom stereocenters. The Kier molecular flexibility index (Phi) is 7.37. The highest BCUT2D eigenvalue weighted by atomic mass is 35.5. The lowest BCUT2D eigenvalue weighted by molar-refractivity contribution is -0.140. The number of hydrogen-bond donors (Lipinski definition) is 3. The maximum absolute atomic E-state index is 16.3. The van der Waals surface area contributed by atoms with Crippen LogP contribution < -0.4 is 15.4 Å². The predicted molar refractivity (Wildman–Crippen MR) is 150 cm³/mol. The number of aliphatic carboxylic acids is 1. The Bertz CT molecular complexity index is 1690. The van der Waals surface area contributed by atoms with E-state index in [1.807, 2.05) is 0 Å². The summed E-state index contributed by atoms with van der Waals surface area (Å²) < 4.78 is 27.6. The van der Waals surface area contributed by atoms with Gasteiger partial charge in [0.25, 0.3) is 0 Å². The molecule has 2 aliphatic heterocycles. The van der Waals surface area contributed by atoms with Gasteiger partial charge in [0.2, 0.25) is 0 Å². The lowest BCUT2D eigenvalue weighted by Crippen LogP contribution is -2.53. The van der Waals surface area contributed by atoms with Gasteiger partial charge < -0.3 is 19.5 Å². The number of piperazine rings is 1. The normalized spacial score (nSPS) is 16.9. The number of esters is 1. The van der Waals surface area contributed by atoms with Crippen molar-refractivity contribution in [3.63, 3.8) is 0 Å². The SMILES string of the molecule is CC(C)(C)OC(=O)Nc1sc2cccc(-c3c(Cl)cc4c(c3F)OC(=O)C=C3CN[C@H](C(=O)O)CN3C4)c2c1C#N. The Balaban J connectivity index is 1.60. The van der Waals surface area contributed by atoms with Crippen LogP contribution in [-0.2, 0) is 20.9 Å². The van der Waals surface area contributed by atoms with Gasteiger partial charge in [-0.1, -0.05) is 23.7 Å². The number of rotatable bonds is 3. The number of nitriles is 1. The molecule has 2 aromatic carbocycles. The zero-order chi connectivity index (χ0) is 29.6. The lowest BCUT2D eigenvalue weighted by Gasteiger charge is -2.36. The molecule has 0 saturated carbocycles. The Labute approximate surface area is 242 Å². The number of carboxylic acids is 1. The minimum absolute atomic E-state index is 0.00226. The van der Waals surface area contributed by atoms with E-state index in [1.165, 1.54) is 12.1 Å². The van der Waals surface area contributed by atoms with Crippen LogP contribution in [0.15, 0.2) is 36.0 Å². The zero-order valence-corrected chi connectivity index (χ0v) is 23.7. The third kappa shape index (κ3) is 5.56. The summed E-state index contributed by atoms with van der Waals surface area (Å²) in [6.07, 6.45) is 0.453. The molecule has 13 heteroatoms. The van der Waals surface area contributed by atoms with Crippen molar-refractivity contribution >= 4 is 56.1 Å². The third-order valence-corrected chi connectivity index (χ3v) is 7.81. The van der Waals surface area contributed by atoms with Crippen LogP contribution >= 0.6 is 22.9 Å². The van der Waals surface area contributed by atoms with Crippen LogP contribution in [0.4, 0.5) is 14.2 Å². The first-order valence-electron chi connectivity index (χ1n) is 12.5. The zero-order valence-electron chi connectivity index (χ0n) is 22.1. The second-order valence-corrected chi connectivity index (χ2v) is 11.9. The van der Waals surface area contributed by atoms with Gasteiger partial charge in [0, 0.05) is 52.6 Å². The number of ether oxygens (including phenoxy) is 2. The van der Waals surface area contributed by atoms with Gasteiger partial charge in [-0.25, -0.2) is 14.0 Å². The molecule has 0 radical (unpaired) electrons. The van der Waals surface area contributed by atoms with Crippen LogP contribution in [0.25, 0.3) is 21.2 Å². The maximum atomic E-state index is 16.3. The van der Waals surface area contributed by atoms with Gasteiger partial charge in [0.05, 0.1) is 10.6 Å². The van der Waals surface area contributed by atoms with Crippen LogP contribution in [0.1, 0.15) is 31.9 Å². The fraction of sp³-hybridized carbons (Fsp3) is 0.286. The topological polar surface area (TPSA) is 141 Å². The first kappa shape index (κ1) is 28.4. The first-order valence-corrected chi connectivity index (χ1v) is 13.7. The summed E-state index contributed by atoms with van der Waals surface area (Å²) >= 11 is 7.78. The standard InChI is InChI=1S/C28H24ClFN4O6S/c1-28(2,3)40-27(38)33-25-16(9-31)21-15(5-4-6-19(21)41-25)22-17(29)7-13-11-34-12-18(26(36)37)32-10-14(34)8-20(35)39-24(13)23(22)30/h4-8,18,32H,10-12H2,1-3H3,(H,33,38)(H,36,37)/t18-/m0/s1. The quantitative estimate of drug-likeness (QED) is 0.272. The third-order valence-electron chi connectivity index (χ3n) is 6.45. The van der Waals surface area contributed by atoms with Gasteiger partial charge in [-0.15, -0.1) is 11.3 Å². The van der Waals surface area contributed by atoms with E-state index in [1.54, 1.807) is 43.9 Å². The van der Waals surface area contributed by atoms with Crippen molar-refractivity contribution in [2.45, 2.75) is 39.0 Å². The van der Waals surface area contributed by atoms with E-state index < -0.39 is 35.5 Å². The van der Waals surface area contributed by atoms with Crippen LogP contribution in [0, 0.1) is 17.1 Å². The van der Waals surface area contributed by atoms with Gasteiger partial charge in [-0.05, 0) is 38.5 Å². The number of fused-ring (bicyclic) bond motifs is 3. The Morgan fingerprint density at radius 3 is 2.80 bits per heavy atom. The van der Waals surface area contributed by atoms with Crippen molar-refractivity contribution in [1.29, 1.82) is 5.26 Å². The Morgan fingerprint density at radius 2 is 2.12 bits per heavy atom. The van der Waals surface area contributed by atoms with E-state index in [0.29, 0.717) is 15.8 Å². The highest BCUT2D eigenvalue weighted by Crippen LogP contribution is 2.46. The number of halogens is 2. The summed E-state index contributed by atoms with van der Waals surface area (Å²) in [6.45, 7) is 5.34. The van der Waals surface area contributed by atoms with Crippen LogP contribution in [0.5, 0.6) is 5.75 Å². The summed E-state index contributed by atoms with van der Waals surface area (Å²) in [7, 11) is 0. The fourth-order valence-corrected chi connectivity index (χ4v) is 6.14. The Morgan fingerprint density at radius 1 is 1.37 bits per heavy atom. The number of nitrogens with one attached hydrogen (secondary N) is 2. The number of carbonyl (C=O) groups is 3. The van der Waals surface area contributed by atoms with Gasteiger partial charge in [0.1, 0.15) is 22.7 Å². The van der Waals surface area contributed by atoms with Crippen molar-refractivity contribution in [2.75, 3.05) is 18.4 Å². The molecule has 1 aromatic heterocycles. The molecule has 0 spiro atoms. The fourth-order valence-electron chi connectivity index (χ4n) is 4.76. The summed E-state index contributed by atoms with van der Waals surface area (Å²) in [4.78, 5) is 38.4. The smallest absolute Gasteiger partial charge is 0.412 e. The van der Waals surface area contributed by atoms with E-state index in [4.69, 9.17) is 21.1 Å². The number of benzene rings is 2. The van der Waals surface area contributed by atoms with Gasteiger partial charge in [-0.2, -0.15) is 5.26 Å². The van der Waals surface area contributed by atoms with E-state index in [9.17, 15) is 24.8 Å². The van der Waals surface area contributed by atoms with E-state index in [-0.39, 0.29) is 57.7 Å². The highest BCUT2D eigenvalue weighted by Gasteiger charge is 2.33. The number of thiophene rings is 1. The van der Waals surface area contributed by atoms with Gasteiger partial charge in [0.15, 0.2) is 11.6 Å². The molecular weight excluding hydrogens is 575 g/mol. The summed E-state index contributed by atoms with van der Waals surface area (Å²) in [5, 5.41) is 25.5. The molecule has 0 aliphatic carbocycles. The van der Waals surface area contributed by atoms with E-state index >= 15 is 4.39 Å². The molecular formula is C28H24ClFN4O6S. The first-order chi connectivity index (χ1) is 19.4. The maximum Gasteiger partial charge on any atom is 0.412 e. The number of carboxylic acid groups (broad SMARTS) is 1. The van der Waals surface area contributed by atoms with E-state index in [0.717, 1.165) is 11.3 Å². The summed E-state index contributed by atoms with van der Waals surface area (Å²) in [5.74, 6) is -3.13. The predicted octanol–water partition coefficient (Wildman–Crippen LogP) is 5.24. The van der Waals surface area contributed by atoms with Crippen LogP contribution in [0.2, 0.25) is 5.02 Å². The monoisotopic (exact) mass is 598 g/mol. The molecule has 3 heterocycles. The van der Waals surface area contributed by atoms with Crippen molar-refractivity contribution in [1.82, 2.24) is 10.2 Å². The molecule has 5 rings (SSSR count). The molecule has 1 fully saturated rings. The minimum atomic E-state index is -1.05. The molecule has 1 atom stereocenters. The van der Waals surface area contributed by atoms with Gasteiger partial charge >= 0.3 is 18.0 Å². The molecule has 1 amide bonds. The second-order valence-electron chi connectivity index (χ2n) is 10.5. The summed E-state index contributed by atoms with van der Waals surface area (Å²) in [5.41, 5.74) is 0.273. The number of hydrogen-bond acceptors (Lipinski definition) is 9. The van der Waals surface area contributed by atoms with Crippen molar-refractivity contribution < 1.29 is 33.4 Å². The molecule has 212 valence electrons. The second kappa shape index (κ2) is 10.7. The van der Waals surface area contributed by atoms with E-state index in [2.05, 4.69) is 16.7 Å². The largest absolute Gasteiger partial charge is 0.480 e. The number of amides is 1. The number of anilines is 1. The van der Waals surface area contributed by atoms with Crippen molar-refractivity contribution in [2.24, 2.45) is 0 Å². The number of carbonyl (C=O) groups excluding carboxylic acids is 2. The molecule has 2 aliphatic rings. The molecule has 3 N–H and O–H groups in total. The summed E-state index contributed by atoms with van der Waals surface area (Å²) in [6, 6.07) is 7.65. The average molecular weight is 599 g/mol. The van der Waals surface area contributed by atoms with Crippen molar-refractivity contribution in [3.8, 4) is 22.9 Å². The molecule has 41 heavy (non-hydrogen) atoms. The lowest BCUT2D eigenvalue weighted by atomic mass is 9.96.